The highest BCUT2D eigenvalue weighted by Crippen LogP contribution is 2.47. The van der Waals surface area contributed by atoms with Crippen LogP contribution >= 0.6 is 0 Å². The Kier molecular flexibility index (Phi) is 13.9. The van der Waals surface area contributed by atoms with Gasteiger partial charge in [0, 0.05) is 35.7 Å². The maximum atomic E-state index is 13.1. The number of non-ortho nitro benzene ring substituents is 2. The van der Waals surface area contributed by atoms with Crippen LogP contribution in [0.15, 0.2) is 84.5 Å². The lowest BCUT2D eigenvalue weighted by molar-refractivity contribution is -0.385. The van der Waals surface area contributed by atoms with Crippen molar-refractivity contribution in [2.75, 3.05) is 37.5 Å². The molecule has 0 radical (unpaired) electrons. The third-order valence-electron chi connectivity index (χ3n) is 9.18. The number of benzene rings is 3. The molecule has 14 heteroatoms. The summed E-state index contributed by atoms with van der Waals surface area (Å²) in [7, 11) is 2.47. The van der Waals surface area contributed by atoms with Gasteiger partial charge in [-0.3, -0.25) is 20.2 Å². The van der Waals surface area contributed by atoms with E-state index in [1.165, 1.54) is 78.1 Å². The first-order chi connectivity index (χ1) is 25.4. The van der Waals surface area contributed by atoms with E-state index in [2.05, 4.69) is 26.5 Å². The van der Waals surface area contributed by atoms with Crippen molar-refractivity contribution < 1.29 is 38.4 Å². The minimum Gasteiger partial charge on any atom is -0.472 e. The molecule has 3 aromatic carbocycles. The number of rotatable bonds is 16. The van der Waals surface area contributed by atoms with E-state index in [1.807, 2.05) is 19.1 Å². The lowest BCUT2D eigenvalue weighted by Gasteiger charge is -2.34. The van der Waals surface area contributed by atoms with E-state index in [-0.39, 0.29) is 36.7 Å². The molecule has 14 nitrogen and oxygen atoms in total. The molecule has 2 unspecified atom stereocenters. The number of anilines is 2. The second-order valence-electron chi connectivity index (χ2n) is 12.9. The van der Waals surface area contributed by atoms with Crippen molar-refractivity contribution in [3.63, 3.8) is 0 Å². The minimum absolute atomic E-state index is 0.00658. The predicted octanol–water partition coefficient (Wildman–Crippen LogP) is 9.47. The van der Waals surface area contributed by atoms with Crippen molar-refractivity contribution >= 4 is 34.9 Å². The summed E-state index contributed by atoms with van der Waals surface area (Å²) in [6.45, 7) is 9.83. The van der Waals surface area contributed by atoms with Gasteiger partial charge in [-0.2, -0.15) is 0 Å². The molecule has 0 spiro atoms. The summed E-state index contributed by atoms with van der Waals surface area (Å²) >= 11 is 0. The second-order valence-corrected chi connectivity index (χ2v) is 12.9. The molecule has 1 aliphatic rings. The molecule has 0 fully saturated rings. The van der Waals surface area contributed by atoms with Gasteiger partial charge in [0.2, 0.25) is 0 Å². The number of amides is 2. The van der Waals surface area contributed by atoms with Gasteiger partial charge in [0.05, 0.1) is 35.4 Å². The number of carbonyl (C=O) groups excluding carboxylic acids is 2. The van der Waals surface area contributed by atoms with Crippen molar-refractivity contribution in [2.45, 2.75) is 65.2 Å². The van der Waals surface area contributed by atoms with Crippen molar-refractivity contribution in [2.24, 2.45) is 5.92 Å². The van der Waals surface area contributed by atoms with Crippen LogP contribution < -0.4 is 19.3 Å². The molecule has 0 heterocycles. The van der Waals surface area contributed by atoms with Crippen molar-refractivity contribution in [1.29, 1.82) is 0 Å². The number of nitro benzene ring substituents is 2. The molecule has 0 saturated carbocycles. The number of hydrogen-bond donors (Lipinski definition) is 0. The average Bonchev–Trinajstić information content (AvgIpc) is 3.14. The number of allylic oxidation sites excluding steroid dienone is 3. The molecule has 3 aromatic rings. The minimum atomic E-state index is -0.735. The number of unbranched alkanes of at least 4 members (excludes halogenated alkanes) is 2. The maximum Gasteiger partial charge on any atom is 0.416 e. The zero-order chi connectivity index (χ0) is 38.7. The lowest BCUT2D eigenvalue weighted by Crippen LogP contribution is -2.35. The highest BCUT2D eigenvalue weighted by atomic mass is 16.6. The molecule has 0 aliphatic heterocycles. The third-order valence-corrected chi connectivity index (χ3v) is 9.18. The first-order valence-electron chi connectivity index (χ1n) is 17.3. The quantitative estimate of drug-likeness (QED) is 0.0456. The monoisotopic (exact) mass is 730 g/mol. The normalized spacial score (nSPS) is 15.1. The lowest BCUT2D eigenvalue weighted by atomic mass is 9.73. The number of ether oxygens (including phenoxy) is 4. The summed E-state index contributed by atoms with van der Waals surface area (Å²) in [4.78, 5) is 50.1. The van der Waals surface area contributed by atoms with Crippen LogP contribution in [0.25, 0.3) is 0 Å². The predicted molar refractivity (Wildman–Crippen MR) is 201 cm³/mol. The fourth-order valence-electron chi connectivity index (χ4n) is 6.31. The van der Waals surface area contributed by atoms with Crippen LogP contribution in [0, 0.1) is 26.1 Å². The van der Waals surface area contributed by atoms with Crippen LogP contribution in [0.5, 0.6) is 11.5 Å². The Morgan fingerprint density at radius 3 is 1.70 bits per heavy atom. The number of nitrogens with zero attached hydrogens (tertiary/aromatic N) is 4. The van der Waals surface area contributed by atoms with Crippen LogP contribution in [0.1, 0.15) is 69.9 Å². The molecule has 0 aromatic heterocycles. The van der Waals surface area contributed by atoms with E-state index in [4.69, 9.17) is 18.9 Å². The molecular weight excluding hydrogens is 684 g/mol. The van der Waals surface area contributed by atoms with E-state index >= 15 is 0 Å². The van der Waals surface area contributed by atoms with Crippen molar-refractivity contribution in [3.8, 4) is 11.5 Å². The molecule has 2 atom stereocenters. The summed E-state index contributed by atoms with van der Waals surface area (Å²) in [5, 5.41) is 22.6. The average molecular weight is 731 g/mol. The van der Waals surface area contributed by atoms with Gasteiger partial charge in [0.15, 0.2) is 13.5 Å². The number of hydrogen-bond acceptors (Lipinski definition) is 10. The summed E-state index contributed by atoms with van der Waals surface area (Å²) in [5.41, 5.74) is 4.09. The van der Waals surface area contributed by atoms with Crippen LogP contribution in [-0.4, -0.2) is 49.7 Å². The Morgan fingerprint density at radius 1 is 0.830 bits per heavy atom. The molecular formula is C39H46N4O10. The van der Waals surface area contributed by atoms with E-state index in [0.717, 1.165) is 43.2 Å². The van der Waals surface area contributed by atoms with Crippen molar-refractivity contribution in [3.05, 3.63) is 116 Å². The third kappa shape index (κ3) is 10.1. The molecule has 0 N–H and O–H groups in total. The summed E-state index contributed by atoms with van der Waals surface area (Å²) < 4.78 is 23.2. The Labute approximate surface area is 308 Å². The molecule has 0 saturated heterocycles. The Morgan fingerprint density at radius 2 is 1.30 bits per heavy atom. The SMILES string of the molecule is C=C(C)C1CCC(C)=CC1c1c(OCN(C(=O)OC)c2ccc([N+](=O)[O-])cc2)cc(CCCCC)cc1OCN(C(=O)OC)c1ccc([N+](=O)[O-])cc1. The first-order valence-corrected chi connectivity index (χ1v) is 17.3. The molecule has 53 heavy (non-hydrogen) atoms. The van der Waals surface area contributed by atoms with Crippen molar-refractivity contribution in [1.82, 2.24) is 0 Å². The summed E-state index contributed by atoms with van der Waals surface area (Å²) in [6.07, 6.45) is 5.97. The van der Waals surface area contributed by atoms with Gasteiger partial charge >= 0.3 is 12.2 Å². The Hall–Kier alpha value is -5.92. The fourth-order valence-corrected chi connectivity index (χ4v) is 6.31. The van der Waals surface area contributed by atoms with Gasteiger partial charge in [-0.25, -0.2) is 19.4 Å². The van der Waals surface area contributed by atoms with Gasteiger partial charge in [0.25, 0.3) is 11.4 Å². The van der Waals surface area contributed by atoms with Gasteiger partial charge in [-0.1, -0.05) is 43.6 Å². The van der Waals surface area contributed by atoms with Gasteiger partial charge in [0.1, 0.15) is 11.5 Å². The second kappa shape index (κ2) is 18.5. The van der Waals surface area contributed by atoms with Crippen LogP contribution in [-0.2, 0) is 15.9 Å². The van der Waals surface area contributed by atoms with E-state index in [9.17, 15) is 29.8 Å². The van der Waals surface area contributed by atoms with E-state index in [1.54, 1.807) is 0 Å². The van der Waals surface area contributed by atoms with Gasteiger partial charge < -0.3 is 18.9 Å². The highest BCUT2D eigenvalue weighted by Gasteiger charge is 2.32. The topological polar surface area (TPSA) is 164 Å². The van der Waals surface area contributed by atoms with Gasteiger partial charge in [-0.15, -0.1) is 0 Å². The zero-order valence-electron chi connectivity index (χ0n) is 30.7. The Balaban J connectivity index is 1.84. The molecule has 1 aliphatic carbocycles. The summed E-state index contributed by atoms with van der Waals surface area (Å²) in [5.74, 6) is 0.624. The number of carbonyl (C=O) groups is 2. The van der Waals surface area contributed by atoms with E-state index < -0.39 is 22.0 Å². The maximum absolute atomic E-state index is 13.1. The Bertz CT molecular complexity index is 1720. The largest absolute Gasteiger partial charge is 0.472 e. The number of nitro groups is 2. The molecule has 0 bridgehead atoms. The molecule has 4 rings (SSSR count). The van der Waals surface area contributed by atoms with Crippen LogP contribution in [0.4, 0.5) is 32.3 Å². The van der Waals surface area contributed by atoms with E-state index in [0.29, 0.717) is 34.9 Å². The fraction of sp³-hybridized carbons (Fsp3) is 0.385. The molecule has 2 amide bonds. The smallest absolute Gasteiger partial charge is 0.416 e. The highest BCUT2D eigenvalue weighted by molar-refractivity contribution is 5.88. The number of aryl methyl sites for hydroxylation is 1. The standard InChI is InChI=1S/C39H46N4O10/c1-7-8-9-10-28-22-35(52-24-40(38(44)50-5)29-12-16-31(17-13-29)42(46)47)37(34-21-27(4)11-20-33(34)26(2)3)36(23-28)53-25-41(39(45)51-6)30-14-18-32(19-15-30)43(48)49/h12-19,21-23,33-34H,2,7-11,20,24-25H2,1,3-6H3. The molecule has 282 valence electrons. The summed E-state index contributed by atoms with van der Waals surface area (Å²) in [6, 6.07) is 14.8. The van der Waals surface area contributed by atoms with Gasteiger partial charge in [-0.05, 0) is 87.4 Å². The zero-order valence-corrected chi connectivity index (χ0v) is 30.7. The van der Waals surface area contributed by atoms with Crippen LogP contribution in [0.3, 0.4) is 0 Å². The van der Waals surface area contributed by atoms with Crippen LogP contribution in [0.2, 0.25) is 0 Å². The first kappa shape index (κ1) is 39.9. The number of methoxy groups -OCH3 is 2.